The highest BCUT2D eigenvalue weighted by molar-refractivity contribution is 7.20. The van der Waals surface area contributed by atoms with Gasteiger partial charge in [-0.15, -0.1) is 11.3 Å². The van der Waals surface area contributed by atoms with E-state index in [1.54, 1.807) is 7.11 Å². The van der Waals surface area contributed by atoms with Crippen molar-refractivity contribution in [3.8, 4) is 11.5 Å². The monoisotopic (exact) mass is 410 g/mol. The van der Waals surface area contributed by atoms with E-state index in [0.717, 1.165) is 60.6 Å². The number of piperidine rings is 1. The van der Waals surface area contributed by atoms with Crippen molar-refractivity contribution in [2.24, 2.45) is 5.92 Å². The maximum absolute atomic E-state index is 12.8. The molecule has 0 aliphatic carbocycles. The minimum Gasteiger partial charge on any atom is -0.497 e. The van der Waals surface area contributed by atoms with E-state index in [1.165, 1.54) is 11.3 Å². The van der Waals surface area contributed by atoms with Crippen LogP contribution in [0.2, 0.25) is 0 Å². The second-order valence-electron chi connectivity index (χ2n) is 7.34. The van der Waals surface area contributed by atoms with Crippen molar-refractivity contribution in [2.75, 3.05) is 33.4 Å². The number of carbonyl (C=O) groups is 1. The van der Waals surface area contributed by atoms with Gasteiger partial charge in [0.2, 0.25) is 0 Å². The summed E-state index contributed by atoms with van der Waals surface area (Å²) < 4.78 is 12.0. The fourth-order valence-corrected chi connectivity index (χ4v) is 4.71. The van der Waals surface area contributed by atoms with Gasteiger partial charge < -0.3 is 14.4 Å². The Hall–Kier alpha value is -2.44. The summed E-state index contributed by atoms with van der Waals surface area (Å²) in [5.41, 5.74) is 0.926. The van der Waals surface area contributed by atoms with Crippen LogP contribution in [0.1, 0.15) is 29.1 Å². The first kappa shape index (κ1) is 19.9. The molecule has 1 aliphatic rings. The number of hydrogen-bond acceptors (Lipinski definition) is 6. The molecule has 1 fully saturated rings. The fraction of sp³-hybridized carbons (Fsp3) is 0.391. The third-order valence-electron chi connectivity index (χ3n) is 5.41. The average Bonchev–Trinajstić information content (AvgIpc) is 3.21. The predicted octanol–water partition coefficient (Wildman–Crippen LogP) is 4.67. The maximum atomic E-state index is 12.8. The molecular weight excluding hydrogens is 384 g/mol. The zero-order valence-corrected chi connectivity index (χ0v) is 17.5. The highest BCUT2D eigenvalue weighted by Crippen LogP contribution is 2.27. The summed E-state index contributed by atoms with van der Waals surface area (Å²) in [6.07, 6.45) is 2.80. The number of rotatable bonds is 8. The number of ether oxygens (including phenoxy) is 2. The molecular formula is C23H26N2O3S. The largest absolute Gasteiger partial charge is 0.497 e. The summed E-state index contributed by atoms with van der Waals surface area (Å²) in [5.74, 6) is 2.02. The Morgan fingerprint density at radius 3 is 2.55 bits per heavy atom. The van der Waals surface area contributed by atoms with Crippen LogP contribution in [0.4, 0.5) is 0 Å². The molecule has 1 saturated heterocycles. The van der Waals surface area contributed by atoms with E-state index in [9.17, 15) is 4.79 Å². The second kappa shape index (κ2) is 9.37. The molecule has 0 spiro atoms. The molecule has 0 radical (unpaired) electrons. The smallest absolute Gasteiger partial charge is 0.194 e. The topological polar surface area (TPSA) is 51.7 Å². The van der Waals surface area contributed by atoms with Crippen LogP contribution in [0.3, 0.4) is 0 Å². The van der Waals surface area contributed by atoms with E-state index >= 15 is 0 Å². The molecule has 5 nitrogen and oxygen atoms in total. The van der Waals surface area contributed by atoms with Crippen LogP contribution in [-0.4, -0.2) is 49.0 Å². The number of thiazole rings is 1. The van der Waals surface area contributed by atoms with Crippen molar-refractivity contribution in [3.05, 3.63) is 53.5 Å². The molecule has 4 rings (SSSR count). The van der Waals surface area contributed by atoms with Gasteiger partial charge in [0.05, 0.1) is 23.9 Å². The summed E-state index contributed by atoms with van der Waals surface area (Å²) in [7, 11) is 1.66. The summed E-state index contributed by atoms with van der Waals surface area (Å²) in [4.78, 5) is 19.8. The minimum atomic E-state index is 0.0994. The summed E-state index contributed by atoms with van der Waals surface area (Å²) in [5, 5.41) is 0.664. The van der Waals surface area contributed by atoms with Crippen LogP contribution in [-0.2, 0) is 0 Å². The number of Topliss-reactive ketones (excluding diaryl/α,β-unsaturated/α-hetero) is 1. The third-order valence-corrected chi connectivity index (χ3v) is 6.46. The van der Waals surface area contributed by atoms with Gasteiger partial charge in [0.1, 0.15) is 11.5 Å². The Kier molecular flexibility index (Phi) is 6.42. The summed E-state index contributed by atoms with van der Waals surface area (Å²) in [6.45, 7) is 3.61. The number of benzene rings is 2. The molecule has 0 atom stereocenters. The van der Waals surface area contributed by atoms with Crippen molar-refractivity contribution in [3.63, 3.8) is 0 Å². The Morgan fingerprint density at radius 2 is 1.83 bits per heavy atom. The van der Waals surface area contributed by atoms with Crippen LogP contribution in [0.15, 0.2) is 48.5 Å². The summed E-state index contributed by atoms with van der Waals surface area (Å²) >= 11 is 1.52. The Labute approximate surface area is 175 Å². The molecule has 0 saturated carbocycles. The van der Waals surface area contributed by atoms with E-state index < -0.39 is 0 Å². The van der Waals surface area contributed by atoms with Crippen molar-refractivity contribution in [1.82, 2.24) is 9.88 Å². The molecule has 0 unspecified atom stereocenters. The molecule has 152 valence electrons. The molecule has 0 N–H and O–H groups in total. The van der Waals surface area contributed by atoms with Gasteiger partial charge in [0.25, 0.3) is 0 Å². The van der Waals surface area contributed by atoms with Gasteiger partial charge in [-0.25, -0.2) is 4.98 Å². The number of methoxy groups -OCH3 is 1. The maximum Gasteiger partial charge on any atom is 0.194 e. The molecule has 0 amide bonds. The molecule has 1 aliphatic heterocycles. The highest BCUT2D eigenvalue weighted by atomic mass is 32.1. The van der Waals surface area contributed by atoms with Gasteiger partial charge in [-0.2, -0.15) is 0 Å². The molecule has 2 heterocycles. The molecule has 29 heavy (non-hydrogen) atoms. The van der Waals surface area contributed by atoms with Crippen LogP contribution in [0.5, 0.6) is 11.5 Å². The number of para-hydroxylation sites is 1. The van der Waals surface area contributed by atoms with Crippen molar-refractivity contribution in [2.45, 2.75) is 19.3 Å². The van der Waals surface area contributed by atoms with Crippen LogP contribution >= 0.6 is 11.3 Å². The van der Waals surface area contributed by atoms with Crippen LogP contribution < -0.4 is 9.47 Å². The minimum absolute atomic E-state index is 0.0994. The van der Waals surface area contributed by atoms with Gasteiger partial charge >= 0.3 is 0 Å². The normalized spacial score (nSPS) is 15.5. The first-order valence-electron chi connectivity index (χ1n) is 10.1. The van der Waals surface area contributed by atoms with E-state index in [2.05, 4.69) is 9.88 Å². The van der Waals surface area contributed by atoms with Crippen molar-refractivity contribution >= 4 is 27.3 Å². The van der Waals surface area contributed by atoms with Gasteiger partial charge in [-0.1, -0.05) is 12.1 Å². The Morgan fingerprint density at radius 1 is 1.10 bits per heavy atom. The van der Waals surface area contributed by atoms with E-state index in [-0.39, 0.29) is 11.7 Å². The molecule has 1 aromatic heterocycles. The molecule has 6 heteroatoms. The van der Waals surface area contributed by atoms with Gasteiger partial charge in [-0.3, -0.25) is 4.79 Å². The zero-order valence-electron chi connectivity index (χ0n) is 16.7. The summed E-state index contributed by atoms with van der Waals surface area (Å²) in [6, 6.07) is 15.6. The number of ketones is 1. The average molecular weight is 411 g/mol. The van der Waals surface area contributed by atoms with Gasteiger partial charge in [-0.05, 0) is 68.8 Å². The number of hydrogen-bond donors (Lipinski definition) is 0. The first-order chi connectivity index (χ1) is 14.2. The first-order valence-corrected chi connectivity index (χ1v) is 10.9. The van der Waals surface area contributed by atoms with Crippen molar-refractivity contribution < 1.29 is 14.3 Å². The van der Waals surface area contributed by atoms with E-state index in [1.807, 2.05) is 48.5 Å². The molecule has 3 aromatic rings. The second-order valence-corrected chi connectivity index (χ2v) is 8.38. The van der Waals surface area contributed by atoms with E-state index in [4.69, 9.17) is 9.47 Å². The van der Waals surface area contributed by atoms with Crippen molar-refractivity contribution in [1.29, 1.82) is 0 Å². The lowest BCUT2D eigenvalue weighted by Gasteiger charge is -2.30. The number of aromatic nitrogens is 1. The Balaban J connectivity index is 1.19. The number of likely N-dealkylation sites (tertiary alicyclic amines) is 1. The lowest BCUT2D eigenvalue weighted by Crippen LogP contribution is -2.37. The van der Waals surface area contributed by atoms with Gasteiger partial charge in [0, 0.05) is 12.5 Å². The third kappa shape index (κ3) is 4.95. The van der Waals surface area contributed by atoms with Crippen LogP contribution in [0, 0.1) is 5.92 Å². The fourth-order valence-electron chi connectivity index (χ4n) is 3.72. The standard InChI is InChI=1S/C23H26N2O3S/c1-27-18-7-9-19(10-8-18)28-16-4-13-25-14-11-17(12-15-25)22(26)23-24-20-5-2-3-6-21(20)29-23/h2-3,5-10,17H,4,11-16H2,1H3. The van der Waals surface area contributed by atoms with E-state index in [0.29, 0.717) is 11.6 Å². The number of nitrogens with zero attached hydrogens (tertiary/aromatic N) is 2. The Bertz CT molecular complexity index is 913. The predicted molar refractivity (Wildman–Crippen MR) is 116 cm³/mol. The lowest BCUT2D eigenvalue weighted by atomic mass is 9.92. The lowest BCUT2D eigenvalue weighted by molar-refractivity contribution is 0.0835. The van der Waals surface area contributed by atoms with Gasteiger partial charge in [0.15, 0.2) is 10.8 Å². The quantitative estimate of drug-likeness (QED) is 0.399. The SMILES string of the molecule is COc1ccc(OCCCN2CCC(C(=O)c3nc4ccccc4s3)CC2)cc1. The van der Waals surface area contributed by atoms with Crippen LogP contribution in [0.25, 0.3) is 10.2 Å². The number of carbonyl (C=O) groups excluding carboxylic acids is 1. The molecule has 2 aromatic carbocycles. The number of fused-ring (bicyclic) bond motifs is 1. The zero-order chi connectivity index (χ0) is 20.1. The highest BCUT2D eigenvalue weighted by Gasteiger charge is 2.27. The molecule has 0 bridgehead atoms.